The van der Waals surface area contributed by atoms with Gasteiger partial charge in [0, 0.05) is 36.3 Å². The zero-order valence-electron chi connectivity index (χ0n) is 24.2. The number of anilines is 1. The molecule has 1 N–H and O–H groups in total. The Kier molecular flexibility index (Phi) is 9.41. The predicted molar refractivity (Wildman–Crippen MR) is 162 cm³/mol. The Morgan fingerprint density at radius 1 is 1.10 bits per heavy atom. The van der Waals surface area contributed by atoms with Crippen LogP contribution in [0.25, 0.3) is 10.4 Å². The summed E-state index contributed by atoms with van der Waals surface area (Å²) in [7, 11) is -1.20. The van der Waals surface area contributed by atoms with Crippen LogP contribution >= 0.6 is 19.8 Å². The fourth-order valence-corrected chi connectivity index (χ4v) is 8.15. The van der Waals surface area contributed by atoms with Crippen molar-refractivity contribution in [3.63, 3.8) is 0 Å². The molecule has 2 atom stereocenters. The molecule has 3 fully saturated rings. The second-order valence-electron chi connectivity index (χ2n) is 11.9. The number of carbonyl (C=O) groups is 2. The monoisotopic (exact) mass is 603 g/mol. The zero-order valence-corrected chi connectivity index (χ0v) is 26.2. The number of benzene rings is 1. The molecule has 1 spiro atoms. The number of hydrogen-bond acceptors (Lipinski definition) is 7. The van der Waals surface area contributed by atoms with E-state index in [1.165, 1.54) is 11.3 Å². The fourth-order valence-electron chi connectivity index (χ4n) is 6.59. The van der Waals surface area contributed by atoms with Gasteiger partial charge in [-0.15, -0.1) is 11.3 Å². The number of nitrogens with zero attached hydrogens (tertiary/aromatic N) is 1. The van der Waals surface area contributed by atoms with Crippen LogP contribution in [0.15, 0.2) is 30.3 Å². The lowest BCUT2D eigenvalue weighted by Gasteiger charge is -2.42. The lowest BCUT2D eigenvalue weighted by molar-refractivity contribution is -0.179. The minimum atomic E-state index is -1.20. The third-order valence-corrected chi connectivity index (χ3v) is 11.2. The quantitative estimate of drug-likeness (QED) is 0.310. The topological polar surface area (TPSA) is 102 Å². The first-order valence-electron chi connectivity index (χ1n) is 14.9. The van der Waals surface area contributed by atoms with E-state index in [2.05, 4.69) is 6.92 Å². The van der Waals surface area contributed by atoms with Crippen molar-refractivity contribution >= 4 is 37.4 Å². The highest BCUT2D eigenvalue weighted by atomic mass is 32.1. The Morgan fingerprint density at radius 2 is 1.73 bits per heavy atom. The number of amides is 1. The van der Waals surface area contributed by atoms with E-state index in [1.807, 2.05) is 49.1 Å². The van der Waals surface area contributed by atoms with Gasteiger partial charge < -0.3 is 28.8 Å². The second kappa shape index (κ2) is 12.7. The van der Waals surface area contributed by atoms with Crippen molar-refractivity contribution in [3.8, 4) is 10.4 Å². The molecule has 10 heteroatoms. The molecule has 41 heavy (non-hydrogen) atoms. The molecule has 8 nitrogen and oxygen atoms in total. The normalized spacial score (nSPS) is 24.6. The van der Waals surface area contributed by atoms with Crippen LogP contribution in [0.1, 0.15) is 87.4 Å². The van der Waals surface area contributed by atoms with Gasteiger partial charge in [-0.25, -0.2) is 4.79 Å². The van der Waals surface area contributed by atoms with E-state index >= 15 is 0 Å². The lowest BCUT2D eigenvalue weighted by Crippen LogP contribution is -2.49. The maximum Gasteiger partial charge on any atom is 0.348 e. The summed E-state index contributed by atoms with van der Waals surface area (Å²) in [5.74, 6) is -1.05. The van der Waals surface area contributed by atoms with E-state index < -0.39 is 25.6 Å². The van der Waals surface area contributed by atoms with Crippen LogP contribution in [0.4, 0.5) is 5.69 Å². The first kappa shape index (κ1) is 30.4. The average Bonchev–Trinajstić information content (AvgIpc) is 3.63. The van der Waals surface area contributed by atoms with Crippen molar-refractivity contribution in [2.75, 3.05) is 24.7 Å². The maximum absolute atomic E-state index is 14.2. The van der Waals surface area contributed by atoms with Crippen LogP contribution in [0, 0.1) is 11.8 Å². The van der Waals surface area contributed by atoms with Gasteiger partial charge in [0.15, 0.2) is 5.79 Å². The minimum absolute atomic E-state index is 0.0409. The summed E-state index contributed by atoms with van der Waals surface area (Å²) in [6, 6.07) is 9.37. The number of carboxylic acids is 1. The van der Waals surface area contributed by atoms with E-state index in [0.29, 0.717) is 57.1 Å². The van der Waals surface area contributed by atoms with Crippen LogP contribution in [-0.2, 0) is 28.9 Å². The number of thiophene rings is 1. The Morgan fingerprint density at radius 3 is 2.29 bits per heavy atom. The first-order chi connectivity index (χ1) is 19.7. The highest BCUT2D eigenvalue weighted by Crippen LogP contribution is 2.45. The highest BCUT2D eigenvalue weighted by Gasteiger charge is 2.44. The zero-order chi connectivity index (χ0) is 29.2. The van der Waals surface area contributed by atoms with Crippen LogP contribution < -0.4 is 4.90 Å². The molecule has 2 aromatic rings. The molecule has 2 aliphatic carbocycles. The Bertz CT molecular complexity index is 1240. The largest absolute Gasteiger partial charge is 0.477 e. The Labute approximate surface area is 247 Å². The summed E-state index contributed by atoms with van der Waals surface area (Å²) in [5.41, 5.74) is 2.16. The van der Waals surface area contributed by atoms with E-state index in [9.17, 15) is 19.3 Å². The third kappa shape index (κ3) is 6.35. The van der Waals surface area contributed by atoms with Crippen LogP contribution in [0.2, 0.25) is 0 Å². The van der Waals surface area contributed by atoms with Crippen molar-refractivity contribution in [1.82, 2.24) is 0 Å². The predicted octanol–water partition coefficient (Wildman–Crippen LogP) is 6.92. The van der Waals surface area contributed by atoms with Gasteiger partial charge in [0.25, 0.3) is 0 Å². The van der Waals surface area contributed by atoms with Gasteiger partial charge >= 0.3 is 5.97 Å². The summed E-state index contributed by atoms with van der Waals surface area (Å²) >= 11 is 1.20. The molecule has 2 heterocycles. The van der Waals surface area contributed by atoms with Crippen LogP contribution in [0.3, 0.4) is 0 Å². The molecular formula is C31H42NO7PS. The van der Waals surface area contributed by atoms with Crippen molar-refractivity contribution < 1.29 is 33.5 Å². The molecule has 1 saturated heterocycles. The van der Waals surface area contributed by atoms with Gasteiger partial charge in [-0.05, 0) is 75.5 Å². The standard InChI is InChI=1S/C31H42NO7PS/c1-4-37-30(3,40-36)23-11-9-21(10-12-23)26-19-25(27(41-26)29(34)35)32(28(33)22-7-5-20(2)6-8-22)24-13-15-31(16-14-24)38-17-18-39-31/h9-12,19-20,22,24H,4-8,13-18,40H2,1-3H3,(H,34,35). The Balaban J connectivity index is 1.48. The molecule has 2 saturated carbocycles. The van der Waals surface area contributed by atoms with Crippen molar-refractivity contribution in [3.05, 3.63) is 40.8 Å². The number of carboxylic acid groups (broad SMARTS) is 1. The molecule has 2 unspecified atom stereocenters. The molecule has 224 valence electrons. The minimum Gasteiger partial charge on any atom is -0.477 e. The smallest absolute Gasteiger partial charge is 0.348 e. The lowest BCUT2D eigenvalue weighted by atomic mass is 9.81. The number of ether oxygens (including phenoxy) is 3. The van der Waals surface area contributed by atoms with Crippen LogP contribution in [-0.4, -0.2) is 48.6 Å². The summed E-state index contributed by atoms with van der Waals surface area (Å²) in [6.07, 6.45) is 6.45. The highest BCUT2D eigenvalue weighted by molar-refractivity contribution is 7.25. The van der Waals surface area contributed by atoms with Gasteiger partial charge in [0.05, 0.1) is 27.4 Å². The molecule has 0 radical (unpaired) electrons. The van der Waals surface area contributed by atoms with E-state index in [-0.39, 0.29) is 22.7 Å². The summed E-state index contributed by atoms with van der Waals surface area (Å²) in [6.45, 7) is 7.56. The fraction of sp³-hybridized carbons (Fsp3) is 0.613. The SMILES string of the molecule is CCOC(C)([PH2]=O)c1ccc(-c2cc(N(C(=O)C3CCC(C)CC3)C3CCC4(CC3)OCCO4)c(C(=O)O)s2)cc1. The van der Waals surface area contributed by atoms with Gasteiger partial charge in [-0.2, -0.15) is 0 Å². The van der Waals surface area contributed by atoms with Gasteiger partial charge in [-0.3, -0.25) is 4.79 Å². The molecule has 5 rings (SSSR count). The summed E-state index contributed by atoms with van der Waals surface area (Å²) in [5, 5.41) is 9.45. The van der Waals surface area contributed by atoms with Gasteiger partial charge in [0.2, 0.25) is 5.91 Å². The number of carbonyl (C=O) groups excluding carboxylic acids is 1. The number of aromatic carboxylic acids is 1. The molecule has 1 aromatic carbocycles. The number of rotatable bonds is 9. The second-order valence-corrected chi connectivity index (χ2v) is 14.3. The third-order valence-electron chi connectivity index (χ3n) is 9.08. The molecule has 3 aliphatic rings. The summed E-state index contributed by atoms with van der Waals surface area (Å²) < 4.78 is 29.6. The van der Waals surface area contributed by atoms with Crippen LogP contribution in [0.5, 0.6) is 0 Å². The van der Waals surface area contributed by atoms with Crippen molar-refractivity contribution in [2.45, 2.75) is 89.3 Å². The first-order valence-corrected chi connectivity index (χ1v) is 16.7. The molecule has 0 bridgehead atoms. The van der Waals surface area contributed by atoms with Gasteiger partial charge in [0.1, 0.15) is 10.2 Å². The Hall–Kier alpha value is -2.03. The molecule has 1 aromatic heterocycles. The average molecular weight is 604 g/mol. The van der Waals surface area contributed by atoms with Gasteiger partial charge in [-0.1, -0.05) is 31.2 Å². The van der Waals surface area contributed by atoms with E-state index in [4.69, 9.17) is 14.2 Å². The van der Waals surface area contributed by atoms with Crippen molar-refractivity contribution in [2.24, 2.45) is 11.8 Å². The maximum atomic E-state index is 14.2. The van der Waals surface area contributed by atoms with E-state index in [0.717, 1.165) is 41.7 Å². The molecule has 1 aliphatic heterocycles. The molecule has 1 amide bonds. The van der Waals surface area contributed by atoms with E-state index in [1.54, 1.807) is 0 Å². The van der Waals surface area contributed by atoms with Crippen molar-refractivity contribution in [1.29, 1.82) is 0 Å². The molecular weight excluding hydrogens is 561 g/mol. The number of hydrogen-bond donors (Lipinski definition) is 1. The summed E-state index contributed by atoms with van der Waals surface area (Å²) in [4.78, 5) is 29.6.